The fraction of sp³-hybridized carbons (Fsp3) is 0.286. The molecule has 2 aromatic rings. The molecule has 0 aromatic carbocycles. The molecule has 0 saturated carbocycles. The van der Waals surface area contributed by atoms with Gasteiger partial charge in [-0.15, -0.1) is 0 Å². The minimum absolute atomic E-state index is 0.607. The SMILES string of the molecule is Cc1cc(C#N)cc(Sc2nc(C)c(C)c(C)n2)n1. The van der Waals surface area contributed by atoms with Gasteiger partial charge in [0.1, 0.15) is 5.03 Å². The highest BCUT2D eigenvalue weighted by molar-refractivity contribution is 7.99. The highest BCUT2D eigenvalue weighted by Crippen LogP contribution is 2.25. The fourth-order valence-electron chi connectivity index (χ4n) is 1.64. The number of nitrogens with zero attached hydrogens (tertiary/aromatic N) is 4. The van der Waals surface area contributed by atoms with E-state index >= 15 is 0 Å². The topological polar surface area (TPSA) is 62.5 Å². The van der Waals surface area contributed by atoms with Crippen LogP contribution in [0.5, 0.6) is 0 Å². The van der Waals surface area contributed by atoms with Gasteiger partial charge in [0.25, 0.3) is 0 Å². The zero-order valence-electron chi connectivity index (χ0n) is 11.4. The number of aromatic nitrogens is 3. The summed E-state index contributed by atoms with van der Waals surface area (Å²) in [6.45, 7) is 7.83. The lowest BCUT2D eigenvalue weighted by Crippen LogP contribution is -1.98. The second-order valence-electron chi connectivity index (χ2n) is 4.35. The molecule has 0 aliphatic heterocycles. The van der Waals surface area contributed by atoms with Crippen molar-refractivity contribution in [3.8, 4) is 6.07 Å². The van der Waals surface area contributed by atoms with Gasteiger partial charge in [0.05, 0.1) is 11.6 Å². The van der Waals surface area contributed by atoms with Gasteiger partial charge >= 0.3 is 0 Å². The Balaban J connectivity index is 2.36. The summed E-state index contributed by atoms with van der Waals surface area (Å²) in [6, 6.07) is 5.65. The molecule has 2 heterocycles. The molecule has 0 aliphatic carbocycles. The molecular weight excluding hydrogens is 256 g/mol. The first kappa shape index (κ1) is 13.5. The number of hydrogen-bond acceptors (Lipinski definition) is 5. The van der Waals surface area contributed by atoms with Gasteiger partial charge in [-0.1, -0.05) is 0 Å². The van der Waals surface area contributed by atoms with Crippen LogP contribution in [0.4, 0.5) is 0 Å². The van der Waals surface area contributed by atoms with E-state index in [0.29, 0.717) is 10.7 Å². The maximum absolute atomic E-state index is 8.96. The minimum atomic E-state index is 0.607. The Morgan fingerprint density at radius 1 is 1.00 bits per heavy atom. The number of rotatable bonds is 2. The van der Waals surface area contributed by atoms with Gasteiger partial charge in [-0.3, -0.25) is 0 Å². The molecule has 0 atom stereocenters. The molecule has 0 aliphatic rings. The Morgan fingerprint density at radius 3 is 2.21 bits per heavy atom. The molecule has 5 heteroatoms. The second-order valence-corrected chi connectivity index (χ2v) is 5.34. The van der Waals surface area contributed by atoms with E-state index in [1.807, 2.05) is 27.7 Å². The molecule has 96 valence electrons. The predicted octanol–water partition coefficient (Wildman–Crippen LogP) is 3.13. The molecule has 2 aromatic heterocycles. The summed E-state index contributed by atoms with van der Waals surface area (Å²) in [4.78, 5) is 13.3. The van der Waals surface area contributed by atoms with Crippen molar-refractivity contribution in [2.75, 3.05) is 0 Å². The zero-order valence-corrected chi connectivity index (χ0v) is 12.2. The van der Waals surface area contributed by atoms with Crippen LogP contribution in [0.1, 0.15) is 28.2 Å². The first-order chi connectivity index (χ1) is 8.99. The summed E-state index contributed by atoms with van der Waals surface area (Å²) < 4.78 is 0. The molecule has 0 N–H and O–H groups in total. The number of aryl methyl sites for hydroxylation is 3. The summed E-state index contributed by atoms with van der Waals surface area (Å²) in [7, 11) is 0. The summed E-state index contributed by atoms with van der Waals surface area (Å²) in [6.07, 6.45) is 0. The monoisotopic (exact) mass is 270 g/mol. The third-order valence-electron chi connectivity index (χ3n) is 2.87. The predicted molar refractivity (Wildman–Crippen MR) is 74.1 cm³/mol. The molecule has 0 fully saturated rings. The number of hydrogen-bond donors (Lipinski definition) is 0. The Hall–Kier alpha value is -1.93. The Morgan fingerprint density at radius 2 is 1.63 bits per heavy atom. The Labute approximate surface area is 116 Å². The van der Waals surface area contributed by atoms with Gasteiger partial charge in [-0.2, -0.15) is 5.26 Å². The van der Waals surface area contributed by atoms with Crippen LogP contribution in [-0.2, 0) is 0 Å². The molecule has 0 saturated heterocycles. The van der Waals surface area contributed by atoms with E-state index in [4.69, 9.17) is 5.26 Å². The molecule has 0 spiro atoms. The third kappa shape index (κ3) is 3.09. The fourth-order valence-corrected chi connectivity index (χ4v) is 2.56. The average molecular weight is 270 g/mol. The standard InChI is InChI=1S/C14H14N4S/c1-8-5-12(7-15)6-13(16-8)19-14-17-10(3)9(2)11(4)18-14/h5-6H,1-4H3. The third-order valence-corrected chi connectivity index (χ3v) is 3.65. The molecular formula is C14H14N4S. The Bertz CT molecular complexity index is 651. The van der Waals surface area contributed by atoms with Crippen LogP contribution < -0.4 is 0 Å². The maximum Gasteiger partial charge on any atom is 0.194 e. The van der Waals surface area contributed by atoms with Crippen LogP contribution in [0.15, 0.2) is 22.3 Å². The van der Waals surface area contributed by atoms with Crippen LogP contribution in [0.3, 0.4) is 0 Å². The average Bonchev–Trinajstić information content (AvgIpc) is 2.35. The van der Waals surface area contributed by atoms with E-state index in [0.717, 1.165) is 27.7 Å². The summed E-state index contributed by atoms with van der Waals surface area (Å²) >= 11 is 1.38. The van der Waals surface area contributed by atoms with Crippen molar-refractivity contribution >= 4 is 11.8 Å². The smallest absolute Gasteiger partial charge is 0.194 e. The van der Waals surface area contributed by atoms with E-state index in [2.05, 4.69) is 21.0 Å². The number of nitriles is 1. The molecule has 0 amide bonds. The van der Waals surface area contributed by atoms with Crippen molar-refractivity contribution in [3.05, 3.63) is 40.3 Å². The van der Waals surface area contributed by atoms with Gasteiger partial charge in [0, 0.05) is 17.1 Å². The summed E-state index contributed by atoms with van der Waals surface area (Å²) in [5, 5.41) is 10.4. The van der Waals surface area contributed by atoms with Crippen molar-refractivity contribution in [1.29, 1.82) is 5.26 Å². The van der Waals surface area contributed by atoms with Crippen molar-refractivity contribution < 1.29 is 0 Å². The lowest BCUT2D eigenvalue weighted by atomic mass is 10.2. The summed E-state index contributed by atoms with van der Waals surface area (Å²) in [5.41, 5.74) is 4.49. The Kier molecular flexibility index (Phi) is 3.82. The summed E-state index contributed by atoms with van der Waals surface area (Å²) in [5.74, 6) is 0. The van der Waals surface area contributed by atoms with Crippen LogP contribution in [0.25, 0.3) is 0 Å². The second kappa shape index (κ2) is 5.37. The maximum atomic E-state index is 8.96. The van der Waals surface area contributed by atoms with Gasteiger partial charge in [0.2, 0.25) is 0 Å². The van der Waals surface area contributed by atoms with E-state index < -0.39 is 0 Å². The van der Waals surface area contributed by atoms with E-state index in [9.17, 15) is 0 Å². The van der Waals surface area contributed by atoms with Gasteiger partial charge in [-0.05, 0) is 57.2 Å². The molecule has 2 rings (SSSR count). The van der Waals surface area contributed by atoms with Crippen molar-refractivity contribution in [2.45, 2.75) is 37.9 Å². The zero-order chi connectivity index (χ0) is 14.0. The van der Waals surface area contributed by atoms with E-state index in [1.165, 1.54) is 11.8 Å². The molecule has 0 unspecified atom stereocenters. The van der Waals surface area contributed by atoms with E-state index in [1.54, 1.807) is 12.1 Å². The molecule has 0 bridgehead atoms. The van der Waals surface area contributed by atoms with Crippen molar-refractivity contribution in [3.63, 3.8) is 0 Å². The highest BCUT2D eigenvalue weighted by atomic mass is 32.2. The quantitative estimate of drug-likeness (QED) is 0.784. The van der Waals surface area contributed by atoms with Crippen molar-refractivity contribution in [2.24, 2.45) is 0 Å². The van der Waals surface area contributed by atoms with E-state index in [-0.39, 0.29) is 0 Å². The minimum Gasteiger partial charge on any atom is -0.246 e. The lowest BCUT2D eigenvalue weighted by molar-refractivity contribution is 0.877. The van der Waals surface area contributed by atoms with Gasteiger partial charge in [0.15, 0.2) is 5.16 Å². The van der Waals surface area contributed by atoms with Crippen LogP contribution in [0, 0.1) is 39.0 Å². The number of pyridine rings is 1. The first-order valence-corrected chi connectivity index (χ1v) is 6.69. The van der Waals surface area contributed by atoms with Crippen molar-refractivity contribution in [1.82, 2.24) is 15.0 Å². The molecule has 0 radical (unpaired) electrons. The highest BCUT2D eigenvalue weighted by Gasteiger charge is 2.08. The normalized spacial score (nSPS) is 10.3. The van der Waals surface area contributed by atoms with Crippen LogP contribution in [0.2, 0.25) is 0 Å². The lowest BCUT2D eigenvalue weighted by Gasteiger charge is -2.06. The van der Waals surface area contributed by atoms with Gasteiger partial charge in [-0.25, -0.2) is 15.0 Å². The van der Waals surface area contributed by atoms with Crippen LogP contribution in [-0.4, -0.2) is 15.0 Å². The molecule has 19 heavy (non-hydrogen) atoms. The largest absolute Gasteiger partial charge is 0.246 e. The molecule has 4 nitrogen and oxygen atoms in total. The van der Waals surface area contributed by atoms with Gasteiger partial charge < -0.3 is 0 Å². The van der Waals surface area contributed by atoms with Crippen LogP contribution >= 0.6 is 11.8 Å². The first-order valence-electron chi connectivity index (χ1n) is 5.88.